The molecule has 53 heavy (non-hydrogen) atoms. The van der Waals surface area contributed by atoms with E-state index in [1.54, 1.807) is 0 Å². The first-order chi connectivity index (χ1) is 25.0. The molecule has 1 N–H and O–H groups in total. The van der Waals surface area contributed by atoms with E-state index in [1.165, 1.54) is 0 Å². The number of hydrogen-bond donors (Lipinski definition) is 1. The first-order valence-electron chi connectivity index (χ1n) is 20.0. The summed E-state index contributed by atoms with van der Waals surface area (Å²) in [6, 6.07) is 10.0. The molecule has 4 aliphatic carbocycles. The van der Waals surface area contributed by atoms with Gasteiger partial charge in [-0.2, -0.15) is 0 Å². The number of carbonyl (C=O) groups excluding carboxylic acids is 1. The Bertz CT molecular complexity index is 1630. The number of aldehydes is 1. The van der Waals surface area contributed by atoms with E-state index >= 15 is 0 Å². The molecule has 4 saturated heterocycles. The van der Waals surface area contributed by atoms with Gasteiger partial charge in [0.1, 0.15) is 23.9 Å². The van der Waals surface area contributed by atoms with E-state index in [9.17, 15) is 14.7 Å². The summed E-state index contributed by atoms with van der Waals surface area (Å²) in [4.78, 5) is 27.8. The number of ether oxygens (including phenoxy) is 6. The van der Waals surface area contributed by atoms with E-state index in [1.807, 2.05) is 50.3 Å². The van der Waals surface area contributed by atoms with Crippen molar-refractivity contribution in [3.63, 3.8) is 0 Å². The fraction of sp³-hybridized carbons (Fsp3) is 0.762. The Morgan fingerprint density at radius 1 is 1.09 bits per heavy atom. The Balaban J connectivity index is 1.16. The van der Waals surface area contributed by atoms with Gasteiger partial charge >= 0.3 is 11.9 Å². The highest BCUT2D eigenvalue weighted by atomic mass is 28.3. The lowest BCUT2D eigenvalue weighted by molar-refractivity contribution is -0.492. The van der Waals surface area contributed by atoms with Crippen LogP contribution >= 0.6 is 0 Å². The molecule has 8 aliphatic rings. The number of aliphatic carboxylic acids is 1. The lowest BCUT2D eigenvalue weighted by Crippen LogP contribution is -2.66. The quantitative estimate of drug-likeness (QED) is 0.0896. The highest BCUT2D eigenvalue weighted by molar-refractivity contribution is 6.48. The van der Waals surface area contributed by atoms with Gasteiger partial charge in [-0.15, -0.1) is 0 Å². The van der Waals surface area contributed by atoms with Gasteiger partial charge in [0, 0.05) is 5.41 Å². The van der Waals surface area contributed by atoms with Crippen LogP contribution in [0.3, 0.4) is 0 Å². The second-order valence-electron chi connectivity index (χ2n) is 18.8. The minimum absolute atomic E-state index is 0.0334. The van der Waals surface area contributed by atoms with E-state index in [4.69, 9.17) is 32.8 Å². The molecule has 1 aromatic carbocycles. The Morgan fingerprint density at radius 2 is 1.83 bits per heavy atom. The zero-order valence-electron chi connectivity index (χ0n) is 32.9. The van der Waals surface area contributed by atoms with E-state index in [0.717, 1.165) is 30.3 Å². The third-order valence-corrected chi connectivity index (χ3v) is 15.1. The molecule has 7 fully saturated rings. The summed E-state index contributed by atoms with van der Waals surface area (Å²) < 4.78 is 47.6. The number of carbonyl (C=O) groups is 2. The number of rotatable bonds is 14. The summed E-state index contributed by atoms with van der Waals surface area (Å²) in [5.74, 6) is -4.02. The standard InChI is InChI=1S/C42H59O10Si/c1-10-31(46-21-26-14-12-11-13-15-26)48-33-32-34(37(5,6)7)41(50-35(33)42(49-32,51-41)52-53(8)9)47-23-39-20-28-25(4)16-17-29(28)38(22-43)19-27(39)18-30(24(2)3)40(38,39)36(44)45/h11-15,18,22,24-25,27-29,31-35H,10,16-17,19-21,23H2,1-9H3,(H,44,45). The van der Waals surface area contributed by atoms with Crippen molar-refractivity contribution >= 4 is 21.3 Å². The van der Waals surface area contributed by atoms with Gasteiger partial charge < -0.3 is 38.0 Å². The average Bonchev–Trinajstić information content (AvgIpc) is 3.79. The number of carboxylic acids is 1. The highest BCUT2D eigenvalue weighted by Gasteiger charge is 2.86. The van der Waals surface area contributed by atoms with Crippen LogP contribution < -0.4 is 0 Å². The van der Waals surface area contributed by atoms with E-state index < -0.39 is 79.1 Å². The van der Waals surface area contributed by atoms with Gasteiger partial charge in [-0.05, 0) is 79.3 Å². The maximum absolute atomic E-state index is 14.1. The van der Waals surface area contributed by atoms with Crippen LogP contribution in [0.5, 0.6) is 0 Å². The summed E-state index contributed by atoms with van der Waals surface area (Å²) in [6.07, 6.45) is 4.57. The van der Waals surface area contributed by atoms with Gasteiger partial charge in [-0.25, -0.2) is 0 Å². The van der Waals surface area contributed by atoms with Crippen molar-refractivity contribution in [2.24, 2.45) is 57.2 Å². The van der Waals surface area contributed by atoms with Crippen LogP contribution in [0.2, 0.25) is 13.1 Å². The summed E-state index contributed by atoms with van der Waals surface area (Å²) in [5.41, 5.74) is -1.75. The van der Waals surface area contributed by atoms with Crippen molar-refractivity contribution in [1.29, 1.82) is 0 Å². The molecule has 11 heteroatoms. The third kappa shape index (κ3) is 5.06. The van der Waals surface area contributed by atoms with Crippen LogP contribution in [-0.2, 0) is 49.0 Å². The summed E-state index contributed by atoms with van der Waals surface area (Å²) in [5, 5.41) is 11.6. The predicted octanol–water partition coefficient (Wildman–Crippen LogP) is 7.33. The maximum atomic E-state index is 14.1. The smallest absolute Gasteiger partial charge is 0.315 e. The monoisotopic (exact) mass is 751 g/mol. The van der Waals surface area contributed by atoms with E-state index in [2.05, 4.69) is 47.6 Å². The number of fused-ring (bicyclic) bond motifs is 2. The van der Waals surface area contributed by atoms with Crippen molar-refractivity contribution in [3.8, 4) is 0 Å². The van der Waals surface area contributed by atoms with Gasteiger partial charge in [-0.1, -0.05) is 96.9 Å². The lowest BCUT2D eigenvalue weighted by Gasteiger charge is -2.59. The molecule has 14 atom stereocenters. The SMILES string of the molecule is CCC(OCc1ccccc1)OC1C2OC3(O[Si](C)C)OC(OCC45CC6C(C)CCC6C6(C=O)CC4C=C(C(C)C)C65C(=O)O)(OC13)C2C(C)(C)C. The van der Waals surface area contributed by atoms with Gasteiger partial charge in [0.25, 0.3) is 5.97 Å². The van der Waals surface area contributed by atoms with Crippen LogP contribution in [0.15, 0.2) is 42.0 Å². The topological polar surface area (TPSA) is 119 Å². The third-order valence-electron chi connectivity index (χ3n) is 14.4. The Morgan fingerprint density at radius 3 is 2.45 bits per heavy atom. The van der Waals surface area contributed by atoms with Crippen molar-refractivity contribution in [1.82, 2.24) is 0 Å². The molecular weight excluding hydrogens is 693 g/mol. The Labute approximate surface area is 316 Å². The van der Waals surface area contributed by atoms with E-state index in [-0.39, 0.29) is 30.3 Å². The van der Waals surface area contributed by atoms with Crippen LogP contribution in [0.1, 0.15) is 86.1 Å². The van der Waals surface area contributed by atoms with Crippen molar-refractivity contribution < 1.29 is 47.5 Å². The maximum Gasteiger partial charge on any atom is 0.315 e. The molecule has 14 unspecified atom stereocenters. The van der Waals surface area contributed by atoms with Crippen LogP contribution in [0.4, 0.5) is 0 Å². The van der Waals surface area contributed by atoms with E-state index in [0.29, 0.717) is 31.8 Å². The minimum Gasteiger partial charge on any atom is -0.481 e. The molecule has 1 aromatic rings. The fourth-order valence-electron chi connectivity index (χ4n) is 12.7. The largest absolute Gasteiger partial charge is 0.481 e. The first kappa shape index (κ1) is 37.9. The summed E-state index contributed by atoms with van der Waals surface area (Å²) in [7, 11) is -1.38. The zero-order valence-corrected chi connectivity index (χ0v) is 33.9. The van der Waals surface area contributed by atoms with Crippen molar-refractivity contribution in [2.45, 2.75) is 137 Å². The van der Waals surface area contributed by atoms with Gasteiger partial charge in [0.15, 0.2) is 12.4 Å². The molecule has 291 valence electrons. The highest BCUT2D eigenvalue weighted by Crippen LogP contribution is 2.83. The number of benzene rings is 1. The molecule has 0 aromatic heterocycles. The van der Waals surface area contributed by atoms with Crippen LogP contribution in [-0.4, -0.2) is 69.6 Å². The van der Waals surface area contributed by atoms with Gasteiger partial charge in [-0.3, -0.25) is 9.53 Å². The summed E-state index contributed by atoms with van der Waals surface area (Å²) >= 11 is 0. The molecule has 3 saturated carbocycles. The number of hydrogen-bond acceptors (Lipinski definition) is 9. The minimum atomic E-state index is -1.59. The number of allylic oxidation sites excluding steroid dienone is 1. The fourth-order valence-corrected chi connectivity index (χ4v) is 13.5. The second-order valence-corrected chi connectivity index (χ2v) is 20.8. The lowest BCUT2D eigenvalue weighted by atomic mass is 9.43. The molecule has 0 amide bonds. The van der Waals surface area contributed by atoms with Gasteiger partial charge in [0.05, 0.1) is 24.5 Å². The summed E-state index contributed by atoms with van der Waals surface area (Å²) in [6.45, 7) is 19.3. The first-order valence-corrected chi connectivity index (χ1v) is 22.4. The molecular formula is C42H59O10Si. The average molecular weight is 752 g/mol. The Kier molecular flexibility index (Phi) is 9.15. The van der Waals surface area contributed by atoms with Crippen molar-refractivity contribution in [3.05, 3.63) is 47.5 Å². The van der Waals surface area contributed by atoms with Crippen LogP contribution in [0.25, 0.3) is 0 Å². The molecule has 9 rings (SSSR count). The van der Waals surface area contributed by atoms with Crippen LogP contribution in [0, 0.1) is 57.2 Å². The molecule has 4 heterocycles. The zero-order chi connectivity index (χ0) is 37.9. The molecule has 1 radical (unpaired) electrons. The Hall–Kier alpha value is -1.96. The normalized spacial score (nSPS) is 45.3. The molecule has 0 spiro atoms. The molecule has 8 bridgehead atoms. The second kappa shape index (κ2) is 12.8. The van der Waals surface area contributed by atoms with Crippen molar-refractivity contribution in [2.75, 3.05) is 6.61 Å². The predicted molar refractivity (Wildman–Crippen MR) is 196 cm³/mol. The van der Waals surface area contributed by atoms with Gasteiger partial charge in [0.2, 0.25) is 9.04 Å². The molecule has 4 aliphatic heterocycles. The molecule has 10 nitrogen and oxygen atoms in total. The number of carboxylic acid groups (broad SMARTS) is 1.